The summed E-state index contributed by atoms with van der Waals surface area (Å²) in [6.45, 7) is 2.31. The summed E-state index contributed by atoms with van der Waals surface area (Å²) in [5, 5.41) is 23.4. The van der Waals surface area contributed by atoms with Crippen molar-refractivity contribution < 1.29 is 9.18 Å². The van der Waals surface area contributed by atoms with E-state index in [4.69, 9.17) is 5.73 Å². The highest BCUT2D eigenvalue weighted by molar-refractivity contribution is 5.78. The summed E-state index contributed by atoms with van der Waals surface area (Å²) < 4.78 is 14.5. The van der Waals surface area contributed by atoms with E-state index in [1.165, 1.54) is 16.8 Å². The van der Waals surface area contributed by atoms with Crippen LogP contribution in [0.15, 0.2) is 30.3 Å². The van der Waals surface area contributed by atoms with E-state index in [0.717, 1.165) is 5.69 Å². The van der Waals surface area contributed by atoms with Crippen LogP contribution in [0, 0.1) is 24.1 Å². The number of hydrogen-bond acceptors (Lipinski definition) is 5. The van der Waals surface area contributed by atoms with E-state index < -0.39 is 0 Å². The van der Waals surface area contributed by atoms with Gasteiger partial charge in [0.05, 0.1) is 23.5 Å². The minimum Gasteiger partial charge on any atom is -0.382 e. The lowest BCUT2D eigenvalue weighted by Crippen LogP contribution is -2.26. The second-order valence-electron chi connectivity index (χ2n) is 6.38. The van der Waals surface area contributed by atoms with Crippen LogP contribution in [0.4, 0.5) is 10.2 Å². The number of nitrogens with two attached hydrogens (primary N) is 1. The maximum atomic E-state index is 13.1. The molecule has 28 heavy (non-hydrogen) atoms. The number of aromatic nitrogens is 4. The molecule has 1 amide bonds. The van der Waals surface area contributed by atoms with Crippen molar-refractivity contribution in [3.05, 3.63) is 58.8 Å². The largest absolute Gasteiger partial charge is 0.382 e. The van der Waals surface area contributed by atoms with Crippen molar-refractivity contribution in [2.45, 2.75) is 26.2 Å². The molecule has 4 N–H and O–H groups in total. The monoisotopic (exact) mass is 381 g/mol. The molecule has 0 spiro atoms. The summed E-state index contributed by atoms with van der Waals surface area (Å²) in [4.78, 5) is 11.9. The van der Waals surface area contributed by atoms with Gasteiger partial charge in [0.25, 0.3) is 0 Å². The van der Waals surface area contributed by atoms with Gasteiger partial charge in [-0.15, -0.1) is 0 Å². The molecule has 0 saturated heterocycles. The van der Waals surface area contributed by atoms with Crippen molar-refractivity contribution >= 4 is 11.7 Å². The van der Waals surface area contributed by atoms with Crippen LogP contribution in [0.5, 0.6) is 0 Å². The number of anilines is 1. The fourth-order valence-electron chi connectivity index (χ4n) is 2.83. The molecule has 144 valence electrons. The Labute approximate surface area is 161 Å². The van der Waals surface area contributed by atoms with E-state index in [9.17, 15) is 14.4 Å². The number of aromatic amines is 1. The highest BCUT2D eigenvalue weighted by Crippen LogP contribution is 2.21. The molecule has 3 aromatic rings. The molecule has 3 rings (SSSR count). The van der Waals surface area contributed by atoms with Gasteiger partial charge in [0.2, 0.25) is 5.91 Å². The number of benzene rings is 1. The molecule has 0 atom stereocenters. The smallest absolute Gasteiger partial charge is 0.226 e. The first-order valence-corrected chi connectivity index (χ1v) is 8.79. The van der Waals surface area contributed by atoms with Crippen LogP contribution in [0.2, 0.25) is 0 Å². The quantitative estimate of drug-likeness (QED) is 0.538. The number of rotatable bonds is 7. The Bertz CT molecular complexity index is 1010. The third-order valence-corrected chi connectivity index (χ3v) is 4.19. The maximum Gasteiger partial charge on any atom is 0.226 e. The lowest BCUT2D eigenvalue weighted by Gasteiger charge is -2.03. The zero-order valence-corrected chi connectivity index (χ0v) is 15.4. The van der Waals surface area contributed by atoms with Crippen molar-refractivity contribution in [1.82, 2.24) is 25.3 Å². The molecule has 1 aromatic carbocycles. The average molecular weight is 381 g/mol. The Hall–Kier alpha value is -3.67. The fourth-order valence-corrected chi connectivity index (χ4v) is 2.83. The van der Waals surface area contributed by atoms with Gasteiger partial charge in [-0.2, -0.15) is 15.5 Å². The van der Waals surface area contributed by atoms with E-state index in [0.29, 0.717) is 42.0 Å². The van der Waals surface area contributed by atoms with Gasteiger partial charge in [0.1, 0.15) is 23.3 Å². The summed E-state index contributed by atoms with van der Waals surface area (Å²) in [5.41, 5.74) is 9.03. The number of hydrogen-bond donors (Lipinski definition) is 3. The standard InChI is InChI=1S/C19H20FN7O/c1-12-9-14(25-24-12)10-18(28)23-8-2-3-17-16(11-21)19(22)27(26-17)15-6-4-13(20)5-7-15/h4-7,9H,2-3,8,10,22H2,1H3,(H,23,28)(H,24,25). The summed E-state index contributed by atoms with van der Waals surface area (Å²) in [7, 11) is 0. The Morgan fingerprint density at radius 1 is 1.39 bits per heavy atom. The van der Waals surface area contributed by atoms with E-state index in [-0.39, 0.29) is 24.0 Å². The molecule has 0 fully saturated rings. The molecule has 0 aliphatic carbocycles. The number of nitriles is 1. The lowest BCUT2D eigenvalue weighted by atomic mass is 10.1. The Morgan fingerprint density at radius 3 is 2.79 bits per heavy atom. The van der Waals surface area contributed by atoms with Gasteiger partial charge in [-0.25, -0.2) is 9.07 Å². The molecule has 0 radical (unpaired) electrons. The van der Waals surface area contributed by atoms with Crippen molar-refractivity contribution in [3.8, 4) is 11.8 Å². The zero-order chi connectivity index (χ0) is 20.1. The van der Waals surface area contributed by atoms with Gasteiger partial charge in [-0.05, 0) is 50.1 Å². The molecule has 0 bridgehead atoms. The SMILES string of the molecule is Cc1cc(CC(=O)NCCCc2nn(-c3ccc(F)cc3)c(N)c2C#N)n[nH]1. The second kappa shape index (κ2) is 8.35. The Morgan fingerprint density at radius 2 is 2.14 bits per heavy atom. The number of H-pyrrole nitrogens is 1. The number of nitrogens with zero attached hydrogens (tertiary/aromatic N) is 4. The topological polar surface area (TPSA) is 125 Å². The molecule has 0 aliphatic rings. The molecule has 0 saturated carbocycles. The molecular formula is C19H20FN7O. The Kier molecular flexibility index (Phi) is 5.69. The summed E-state index contributed by atoms with van der Waals surface area (Å²) in [6, 6.07) is 9.58. The predicted octanol–water partition coefficient (Wildman–Crippen LogP) is 1.79. The minimum atomic E-state index is -0.365. The van der Waals surface area contributed by atoms with Crippen molar-refractivity contribution in [3.63, 3.8) is 0 Å². The van der Waals surface area contributed by atoms with E-state index in [2.05, 4.69) is 26.7 Å². The van der Waals surface area contributed by atoms with Crippen molar-refractivity contribution in [1.29, 1.82) is 5.26 Å². The summed E-state index contributed by atoms with van der Waals surface area (Å²) in [5.74, 6) is -0.277. The molecule has 8 nitrogen and oxygen atoms in total. The predicted molar refractivity (Wildman–Crippen MR) is 101 cm³/mol. The summed E-state index contributed by atoms with van der Waals surface area (Å²) >= 11 is 0. The van der Waals surface area contributed by atoms with Crippen LogP contribution in [-0.4, -0.2) is 32.4 Å². The molecule has 2 aromatic heterocycles. The van der Waals surface area contributed by atoms with Gasteiger partial charge < -0.3 is 11.1 Å². The molecule has 0 unspecified atom stereocenters. The lowest BCUT2D eigenvalue weighted by molar-refractivity contribution is -0.120. The van der Waals surface area contributed by atoms with Gasteiger partial charge in [0, 0.05) is 12.2 Å². The number of carbonyl (C=O) groups excluding carboxylic acids is 1. The van der Waals surface area contributed by atoms with Gasteiger partial charge in [-0.1, -0.05) is 0 Å². The third kappa shape index (κ3) is 4.35. The number of nitrogens with one attached hydrogen (secondary N) is 2. The zero-order valence-electron chi connectivity index (χ0n) is 15.4. The number of aryl methyl sites for hydroxylation is 2. The highest BCUT2D eigenvalue weighted by atomic mass is 19.1. The van der Waals surface area contributed by atoms with Gasteiger partial charge >= 0.3 is 0 Å². The third-order valence-electron chi connectivity index (χ3n) is 4.19. The molecule has 0 aliphatic heterocycles. The normalized spacial score (nSPS) is 10.6. The fraction of sp³-hybridized carbons (Fsp3) is 0.263. The highest BCUT2D eigenvalue weighted by Gasteiger charge is 2.16. The van der Waals surface area contributed by atoms with Crippen LogP contribution in [0.1, 0.15) is 29.1 Å². The van der Waals surface area contributed by atoms with Crippen LogP contribution in [0.25, 0.3) is 5.69 Å². The van der Waals surface area contributed by atoms with Gasteiger partial charge in [0.15, 0.2) is 0 Å². The minimum absolute atomic E-state index is 0.122. The van der Waals surface area contributed by atoms with Crippen molar-refractivity contribution in [2.75, 3.05) is 12.3 Å². The molecule has 9 heteroatoms. The van der Waals surface area contributed by atoms with Crippen LogP contribution in [-0.2, 0) is 17.6 Å². The van der Waals surface area contributed by atoms with Crippen LogP contribution >= 0.6 is 0 Å². The first kappa shape index (κ1) is 19.1. The first-order chi connectivity index (χ1) is 13.5. The van der Waals surface area contributed by atoms with Crippen LogP contribution in [0.3, 0.4) is 0 Å². The summed E-state index contributed by atoms with van der Waals surface area (Å²) in [6.07, 6.45) is 1.28. The van der Waals surface area contributed by atoms with E-state index in [1.807, 2.05) is 13.0 Å². The van der Waals surface area contributed by atoms with Gasteiger partial charge in [-0.3, -0.25) is 9.89 Å². The first-order valence-electron chi connectivity index (χ1n) is 8.79. The van der Waals surface area contributed by atoms with Crippen LogP contribution < -0.4 is 11.1 Å². The number of halogens is 1. The Balaban J connectivity index is 1.58. The number of carbonyl (C=O) groups is 1. The maximum absolute atomic E-state index is 13.1. The second-order valence-corrected chi connectivity index (χ2v) is 6.38. The molecular weight excluding hydrogens is 361 g/mol. The average Bonchev–Trinajstić information content (AvgIpc) is 3.22. The van der Waals surface area contributed by atoms with Crippen molar-refractivity contribution in [2.24, 2.45) is 0 Å². The van der Waals surface area contributed by atoms with E-state index >= 15 is 0 Å². The molecule has 2 heterocycles. The number of nitrogen functional groups attached to an aromatic ring is 1. The van der Waals surface area contributed by atoms with E-state index in [1.54, 1.807) is 12.1 Å². The number of amides is 1.